The Morgan fingerprint density at radius 2 is 1.76 bits per heavy atom. The van der Waals surface area contributed by atoms with Gasteiger partial charge in [-0.15, -0.1) is 5.10 Å². The minimum absolute atomic E-state index is 0.113. The molecule has 0 saturated heterocycles. The van der Waals surface area contributed by atoms with Crippen molar-refractivity contribution in [1.82, 2.24) is 25.2 Å². The molecule has 2 aromatic heterocycles. The van der Waals surface area contributed by atoms with E-state index in [0.717, 1.165) is 34.4 Å². The Labute approximate surface area is 215 Å². The first kappa shape index (κ1) is 24.5. The number of aliphatic hydroxyl groups is 1. The summed E-state index contributed by atoms with van der Waals surface area (Å²) >= 11 is 0. The number of benzene rings is 2. The Morgan fingerprint density at radius 1 is 1.00 bits per heavy atom. The topological polar surface area (TPSA) is 86.0 Å². The van der Waals surface area contributed by atoms with Crippen LogP contribution >= 0.6 is 0 Å². The highest BCUT2D eigenvalue weighted by molar-refractivity contribution is 5.44. The lowest BCUT2D eigenvalue weighted by molar-refractivity contribution is -0.347. The van der Waals surface area contributed by atoms with Crippen LogP contribution in [0.3, 0.4) is 0 Å². The van der Waals surface area contributed by atoms with E-state index in [9.17, 15) is 13.9 Å². The number of alkyl halides is 2. The van der Waals surface area contributed by atoms with Gasteiger partial charge in [-0.25, -0.2) is 22.2 Å². The van der Waals surface area contributed by atoms with Gasteiger partial charge < -0.3 is 9.84 Å². The molecule has 3 aliphatic carbocycles. The first-order valence-corrected chi connectivity index (χ1v) is 12.1. The first-order chi connectivity index (χ1) is 18.2. The summed E-state index contributed by atoms with van der Waals surface area (Å²) in [4.78, 5) is 4.21. The largest absolute Gasteiger partial charge is 0.487 e. The highest BCUT2D eigenvalue weighted by Gasteiger charge is 2.82. The van der Waals surface area contributed by atoms with Crippen molar-refractivity contribution >= 4 is 0 Å². The quantitative estimate of drug-likeness (QED) is 0.322. The molecule has 3 fully saturated rings. The van der Waals surface area contributed by atoms with Crippen LogP contribution in [0.2, 0.25) is 0 Å². The predicted octanol–water partition coefficient (Wildman–Crippen LogP) is 4.57. The third-order valence-corrected chi connectivity index (χ3v) is 7.95. The van der Waals surface area contributed by atoms with Crippen LogP contribution in [0.5, 0.6) is 5.75 Å². The second kappa shape index (κ2) is 8.59. The fourth-order valence-corrected chi connectivity index (χ4v) is 6.08. The van der Waals surface area contributed by atoms with Crippen LogP contribution in [-0.4, -0.2) is 36.2 Å². The molecule has 0 aliphatic heterocycles. The highest BCUT2D eigenvalue weighted by Crippen LogP contribution is 2.80. The van der Waals surface area contributed by atoms with Gasteiger partial charge in [0.2, 0.25) is 0 Å². The maximum atomic E-state index is 16.3. The van der Waals surface area contributed by atoms with E-state index in [-0.39, 0.29) is 19.3 Å². The van der Waals surface area contributed by atoms with Crippen LogP contribution in [0.1, 0.15) is 36.1 Å². The fraction of sp³-hybridized carbons (Fsp3) is 0.333. The lowest BCUT2D eigenvalue weighted by atomic mass is 9.30. The summed E-state index contributed by atoms with van der Waals surface area (Å²) in [5.41, 5.74) is -4.03. The molecule has 0 spiro atoms. The van der Waals surface area contributed by atoms with Crippen molar-refractivity contribution in [2.45, 2.75) is 49.4 Å². The van der Waals surface area contributed by atoms with Crippen molar-refractivity contribution in [3.05, 3.63) is 102 Å². The van der Waals surface area contributed by atoms with E-state index in [1.807, 2.05) is 30.3 Å². The average molecular weight is 526 g/mol. The van der Waals surface area contributed by atoms with Crippen molar-refractivity contribution in [1.29, 1.82) is 0 Å². The maximum Gasteiger partial charge on any atom is 0.287 e. The van der Waals surface area contributed by atoms with Crippen LogP contribution in [0.15, 0.2) is 73.2 Å². The normalized spacial score (nSPS) is 23.7. The van der Waals surface area contributed by atoms with E-state index in [0.29, 0.717) is 18.4 Å². The van der Waals surface area contributed by atoms with Crippen LogP contribution in [0, 0.1) is 17.0 Å². The predicted molar refractivity (Wildman–Crippen MR) is 126 cm³/mol. The molecule has 3 saturated carbocycles. The molecule has 1 N–H and O–H groups in total. The molecular formula is C27H23F4N5O2. The first-order valence-electron chi connectivity index (χ1n) is 12.1. The molecular weight excluding hydrogens is 502 g/mol. The molecule has 0 amide bonds. The lowest BCUT2D eigenvalue weighted by Gasteiger charge is -2.74. The van der Waals surface area contributed by atoms with Gasteiger partial charge in [0.05, 0.1) is 12.2 Å². The van der Waals surface area contributed by atoms with Crippen LogP contribution < -0.4 is 4.74 Å². The zero-order valence-electron chi connectivity index (χ0n) is 20.1. The number of ether oxygens (including phenoxy) is 1. The second-order valence-electron chi connectivity index (χ2n) is 10.3. The molecule has 196 valence electrons. The van der Waals surface area contributed by atoms with Crippen molar-refractivity contribution in [2.75, 3.05) is 0 Å². The number of nitrogens with zero attached hydrogens (tertiary/aromatic N) is 5. The molecule has 1 atom stereocenters. The van der Waals surface area contributed by atoms with E-state index in [1.165, 1.54) is 0 Å². The van der Waals surface area contributed by atoms with E-state index in [1.54, 1.807) is 18.3 Å². The number of pyridine rings is 1. The standard InChI is InChI=1S/C27H23F4N5O2/c28-19-6-9-22(23(29)11-19)26(37,16-36-17-33-34-35-36)27(30,31)25-13-24(14-25,15-25)18-4-7-21(8-5-18)38-12-20-3-1-2-10-32-20/h1-11,17,37H,12-16H2/t24?,25?,26-/m1/s1. The number of tetrazole rings is 1. The SMILES string of the molecule is O[C@](Cn1cnnn1)(c1ccc(F)cc1F)C(F)(F)C12CC(c3ccc(OCc4ccccn4)cc3)(C1)C2. The van der Waals surface area contributed by atoms with Gasteiger partial charge in [-0.2, -0.15) is 0 Å². The Kier molecular flexibility index (Phi) is 5.53. The minimum Gasteiger partial charge on any atom is -0.487 e. The Morgan fingerprint density at radius 3 is 2.39 bits per heavy atom. The van der Waals surface area contributed by atoms with E-state index in [2.05, 4.69) is 20.5 Å². The van der Waals surface area contributed by atoms with Gasteiger partial charge >= 0.3 is 0 Å². The van der Waals surface area contributed by atoms with E-state index < -0.39 is 46.1 Å². The van der Waals surface area contributed by atoms with Crippen LogP contribution in [0.25, 0.3) is 0 Å². The number of halogens is 4. The Hall–Kier alpha value is -3.86. The van der Waals surface area contributed by atoms with Gasteiger partial charge in [-0.3, -0.25) is 4.98 Å². The van der Waals surface area contributed by atoms with Gasteiger partial charge in [0, 0.05) is 23.2 Å². The number of rotatable bonds is 9. The van der Waals surface area contributed by atoms with Gasteiger partial charge in [0.1, 0.15) is 30.3 Å². The summed E-state index contributed by atoms with van der Waals surface area (Å²) in [6.45, 7) is -0.493. The number of hydrogen-bond donors (Lipinski definition) is 1. The van der Waals surface area contributed by atoms with Gasteiger partial charge in [0.15, 0.2) is 5.60 Å². The smallest absolute Gasteiger partial charge is 0.287 e. The Bertz CT molecular complexity index is 1430. The lowest BCUT2D eigenvalue weighted by Crippen LogP contribution is -2.76. The zero-order valence-corrected chi connectivity index (χ0v) is 20.1. The van der Waals surface area contributed by atoms with E-state index in [4.69, 9.17) is 4.74 Å². The minimum atomic E-state index is -3.77. The van der Waals surface area contributed by atoms with Gasteiger partial charge in [-0.1, -0.05) is 18.2 Å². The maximum absolute atomic E-state index is 16.3. The molecule has 4 aromatic rings. The summed E-state index contributed by atoms with van der Waals surface area (Å²) in [5, 5.41) is 21.9. The Balaban J connectivity index is 1.22. The van der Waals surface area contributed by atoms with E-state index >= 15 is 8.78 Å². The van der Waals surface area contributed by atoms with Crippen molar-refractivity contribution in [2.24, 2.45) is 5.41 Å². The fourth-order valence-electron chi connectivity index (χ4n) is 6.08. The summed E-state index contributed by atoms with van der Waals surface area (Å²) in [6, 6.07) is 15.1. The molecule has 7 rings (SSSR count). The summed E-state index contributed by atoms with van der Waals surface area (Å²) in [6.07, 6.45) is 3.08. The van der Waals surface area contributed by atoms with Crippen LogP contribution in [-0.2, 0) is 24.2 Å². The van der Waals surface area contributed by atoms with Gasteiger partial charge in [0.25, 0.3) is 5.92 Å². The second-order valence-corrected chi connectivity index (χ2v) is 10.3. The van der Waals surface area contributed by atoms with Crippen molar-refractivity contribution in [3.8, 4) is 5.75 Å². The van der Waals surface area contributed by atoms with Crippen LogP contribution in [0.4, 0.5) is 17.6 Å². The van der Waals surface area contributed by atoms with Crippen molar-refractivity contribution in [3.63, 3.8) is 0 Å². The molecule has 38 heavy (non-hydrogen) atoms. The molecule has 0 unspecified atom stereocenters. The van der Waals surface area contributed by atoms with Crippen molar-refractivity contribution < 1.29 is 27.4 Å². The number of hydrogen-bond acceptors (Lipinski definition) is 6. The zero-order chi connectivity index (χ0) is 26.6. The summed E-state index contributed by atoms with van der Waals surface area (Å²) in [5.74, 6) is -5.33. The molecule has 11 heteroatoms. The molecule has 2 aromatic carbocycles. The van der Waals surface area contributed by atoms with Gasteiger partial charge in [-0.05, 0) is 77.1 Å². The average Bonchev–Trinajstić information content (AvgIpc) is 3.35. The number of aromatic nitrogens is 5. The molecule has 7 nitrogen and oxygen atoms in total. The third-order valence-electron chi connectivity index (χ3n) is 7.95. The summed E-state index contributed by atoms with van der Waals surface area (Å²) < 4.78 is 67.6. The third kappa shape index (κ3) is 3.67. The summed E-state index contributed by atoms with van der Waals surface area (Å²) in [7, 11) is 0. The highest BCUT2D eigenvalue weighted by atomic mass is 19.3. The molecule has 0 radical (unpaired) electrons. The monoisotopic (exact) mass is 525 g/mol. The molecule has 3 aliphatic rings. The molecule has 2 bridgehead atoms. The molecule has 2 heterocycles.